The van der Waals surface area contributed by atoms with Gasteiger partial charge in [-0.25, -0.2) is 13.4 Å². The van der Waals surface area contributed by atoms with Crippen LogP contribution in [0.4, 0.5) is 5.69 Å². The van der Waals surface area contributed by atoms with E-state index < -0.39 is 10.0 Å². The third kappa shape index (κ3) is 4.89. The van der Waals surface area contributed by atoms with Crippen molar-refractivity contribution in [3.05, 3.63) is 41.2 Å². The average molecular weight is 463 g/mol. The number of amides is 1. The number of anilines is 1. The first-order valence-corrected chi connectivity index (χ1v) is 12.3. The molecule has 11 heteroatoms. The minimum atomic E-state index is -3.62. The van der Waals surface area contributed by atoms with E-state index in [-0.39, 0.29) is 16.6 Å². The summed E-state index contributed by atoms with van der Waals surface area (Å²) in [6.45, 7) is 9.92. The molecule has 0 atom stereocenters. The Balaban J connectivity index is 1.75. The normalized spacial score (nSPS) is 11.9. The second kappa shape index (κ2) is 9.33. The molecular weight excluding hydrogens is 436 g/mol. The molecule has 3 aromatic rings. The molecule has 1 N–H and O–H groups in total. The first-order valence-electron chi connectivity index (χ1n) is 9.90. The van der Waals surface area contributed by atoms with Gasteiger partial charge in [0.05, 0.1) is 10.6 Å². The second-order valence-electron chi connectivity index (χ2n) is 7.06. The zero-order chi connectivity index (χ0) is 22.8. The van der Waals surface area contributed by atoms with E-state index in [0.29, 0.717) is 35.3 Å². The van der Waals surface area contributed by atoms with Crippen LogP contribution in [-0.2, 0) is 14.8 Å². The van der Waals surface area contributed by atoms with Crippen molar-refractivity contribution in [2.75, 3.05) is 24.2 Å². The number of nitrogens with one attached hydrogen (secondary N) is 1. The summed E-state index contributed by atoms with van der Waals surface area (Å²) >= 11 is 1.24. The smallest absolute Gasteiger partial charge is 0.256 e. The number of aryl methyl sites for hydroxylation is 3. The van der Waals surface area contributed by atoms with Crippen molar-refractivity contribution in [1.29, 1.82) is 0 Å². The third-order valence-corrected chi connectivity index (χ3v) is 7.91. The summed E-state index contributed by atoms with van der Waals surface area (Å²) in [6, 6.07) is 6.82. The molecule has 0 spiro atoms. The highest BCUT2D eigenvalue weighted by Crippen LogP contribution is 2.24. The van der Waals surface area contributed by atoms with E-state index in [1.54, 1.807) is 37.3 Å². The summed E-state index contributed by atoms with van der Waals surface area (Å²) in [7, 11) is -3.62. The van der Waals surface area contributed by atoms with Crippen LogP contribution in [0, 0.1) is 20.8 Å². The number of aromatic nitrogens is 4. The molecule has 0 aliphatic rings. The first kappa shape index (κ1) is 23.2. The van der Waals surface area contributed by atoms with Gasteiger partial charge in [0.25, 0.3) is 5.78 Å². The predicted molar refractivity (Wildman–Crippen MR) is 121 cm³/mol. The van der Waals surface area contributed by atoms with Gasteiger partial charge in [-0.1, -0.05) is 31.7 Å². The molecule has 9 nitrogen and oxygen atoms in total. The lowest BCUT2D eigenvalue weighted by molar-refractivity contribution is -0.113. The molecule has 0 unspecified atom stereocenters. The number of carbonyl (C=O) groups excluding carboxylic acids is 1. The summed E-state index contributed by atoms with van der Waals surface area (Å²) in [6.07, 6.45) is 0. The van der Waals surface area contributed by atoms with Crippen LogP contribution < -0.4 is 5.32 Å². The molecule has 0 bridgehead atoms. The Kier molecular flexibility index (Phi) is 6.97. The molecule has 0 saturated carbocycles. The fourth-order valence-electron chi connectivity index (χ4n) is 3.28. The largest absolute Gasteiger partial charge is 0.325 e. The number of hydrogen-bond acceptors (Lipinski definition) is 7. The van der Waals surface area contributed by atoms with Crippen molar-refractivity contribution < 1.29 is 13.2 Å². The van der Waals surface area contributed by atoms with Crippen molar-refractivity contribution >= 4 is 39.2 Å². The molecule has 0 fully saturated rings. The molecule has 0 radical (unpaired) electrons. The van der Waals surface area contributed by atoms with Gasteiger partial charge in [0.2, 0.25) is 15.9 Å². The van der Waals surface area contributed by atoms with Gasteiger partial charge in [-0.05, 0) is 44.5 Å². The quantitative estimate of drug-likeness (QED) is 0.513. The van der Waals surface area contributed by atoms with E-state index in [4.69, 9.17) is 0 Å². The molecule has 166 valence electrons. The van der Waals surface area contributed by atoms with Crippen LogP contribution in [0.5, 0.6) is 0 Å². The van der Waals surface area contributed by atoms with Crippen LogP contribution in [0.3, 0.4) is 0 Å². The van der Waals surface area contributed by atoms with E-state index in [2.05, 4.69) is 20.5 Å². The Labute approximate surface area is 186 Å². The maximum atomic E-state index is 12.9. The number of thioether (sulfide) groups is 1. The molecule has 3 rings (SSSR count). The van der Waals surface area contributed by atoms with Gasteiger partial charge in [-0.2, -0.15) is 4.31 Å². The van der Waals surface area contributed by atoms with Crippen LogP contribution in [0.2, 0.25) is 0 Å². The molecule has 31 heavy (non-hydrogen) atoms. The fraction of sp³-hybridized carbons (Fsp3) is 0.400. The standard InChI is InChI=1S/C20H26N6O3S2/c1-6-25(7-2)31(28,29)17-11-16(9-8-13(17)3)22-18(27)12-30-20-24-23-19-21-14(4)10-15(5)26(19)20/h8-11H,6-7,12H2,1-5H3,(H,22,27). The summed E-state index contributed by atoms with van der Waals surface area (Å²) < 4.78 is 29.0. The van der Waals surface area contributed by atoms with Crippen LogP contribution in [0.25, 0.3) is 5.78 Å². The molecule has 1 amide bonds. The number of rotatable bonds is 8. The van der Waals surface area contributed by atoms with Gasteiger partial charge in [-0.3, -0.25) is 9.20 Å². The van der Waals surface area contributed by atoms with E-state index in [1.807, 2.05) is 19.9 Å². The Morgan fingerprint density at radius 1 is 1.13 bits per heavy atom. The summed E-state index contributed by atoms with van der Waals surface area (Å²) in [5, 5.41) is 11.5. The maximum absolute atomic E-state index is 12.9. The van der Waals surface area contributed by atoms with E-state index >= 15 is 0 Å². The monoisotopic (exact) mass is 462 g/mol. The highest BCUT2D eigenvalue weighted by Gasteiger charge is 2.24. The molecule has 1 aromatic carbocycles. The lowest BCUT2D eigenvalue weighted by atomic mass is 10.2. The molecule has 0 aliphatic heterocycles. The van der Waals surface area contributed by atoms with Crippen LogP contribution in [0.15, 0.2) is 34.3 Å². The third-order valence-electron chi connectivity index (χ3n) is 4.79. The highest BCUT2D eigenvalue weighted by molar-refractivity contribution is 7.99. The zero-order valence-electron chi connectivity index (χ0n) is 18.2. The molecule has 2 aromatic heterocycles. The maximum Gasteiger partial charge on any atom is 0.256 e. The Morgan fingerprint density at radius 3 is 2.52 bits per heavy atom. The van der Waals surface area contributed by atoms with Crippen LogP contribution >= 0.6 is 11.8 Å². The number of benzene rings is 1. The zero-order valence-corrected chi connectivity index (χ0v) is 19.8. The van der Waals surface area contributed by atoms with Crippen molar-refractivity contribution in [1.82, 2.24) is 23.9 Å². The van der Waals surface area contributed by atoms with E-state index in [1.165, 1.54) is 22.1 Å². The van der Waals surface area contributed by atoms with Crippen LogP contribution in [0.1, 0.15) is 30.8 Å². The number of fused-ring (bicyclic) bond motifs is 1. The fourth-order valence-corrected chi connectivity index (χ4v) is 5.77. The first-order chi connectivity index (χ1) is 14.7. The van der Waals surface area contributed by atoms with Gasteiger partial charge in [0.1, 0.15) is 0 Å². The number of hydrogen-bond donors (Lipinski definition) is 1. The highest BCUT2D eigenvalue weighted by atomic mass is 32.2. The van der Waals surface area contributed by atoms with Crippen molar-refractivity contribution in [2.45, 2.75) is 44.7 Å². The lowest BCUT2D eigenvalue weighted by Gasteiger charge is -2.20. The molecular formula is C20H26N6O3S2. The topological polar surface area (TPSA) is 110 Å². The molecule has 0 aliphatic carbocycles. The number of carbonyl (C=O) groups is 1. The summed E-state index contributed by atoms with van der Waals surface area (Å²) in [5.74, 6) is 0.319. The van der Waals surface area contributed by atoms with E-state index in [0.717, 1.165) is 11.4 Å². The van der Waals surface area contributed by atoms with Crippen molar-refractivity contribution in [3.63, 3.8) is 0 Å². The Hall–Kier alpha value is -2.50. The van der Waals surface area contributed by atoms with E-state index in [9.17, 15) is 13.2 Å². The van der Waals surface area contributed by atoms with Gasteiger partial charge >= 0.3 is 0 Å². The molecule has 2 heterocycles. The Bertz CT molecular complexity index is 1220. The van der Waals surface area contributed by atoms with Crippen molar-refractivity contribution in [2.24, 2.45) is 0 Å². The average Bonchev–Trinajstić information content (AvgIpc) is 3.11. The van der Waals surface area contributed by atoms with Crippen LogP contribution in [-0.4, -0.2) is 57.1 Å². The van der Waals surface area contributed by atoms with Crippen molar-refractivity contribution in [3.8, 4) is 0 Å². The molecule has 0 saturated heterocycles. The van der Waals surface area contributed by atoms with Gasteiger partial charge < -0.3 is 5.32 Å². The SMILES string of the molecule is CCN(CC)S(=O)(=O)c1cc(NC(=O)CSc2nnc3nc(C)cc(C)n23)ccc1C. The Morgan fingerprint density at radius 2 is 1.84 bits per heavy atom. The second-order valence-corrected chi connectivity index (χ2v) is 9.91. The van der Waals surface area contributed by atoms with Gasteiger partial charge in [0, 0.05) is 30.2 Å². The minimum absolute atomic E-state index is 0.0973. The lowest BCUT2D eigenvalue weighted by Crippen LogP contribution is -2.31. The minimum Gasteiger partial charge on any atom is -0.325 e. The summed E-state index contributed by atoms with van der Waals surface area (Å²) in [4.78, 5) is 17.0. The summed E-state index contributed by atoms with van der Waals surface area (Å²) in [5.41, 5.74) is 2.84. The number of sulfonamides is 1. The number of nitrogens with zero attached hydrogens (tertiary/aromatic N) is 5. The predicted octanol–water partition coefficient (Wildman–Crippen LogP) is 2.81. The van der Waals surface area contributed by atoms with Gasteiger partial charge in [-0.15, -0.1) is 10.2 Å². The van der Waals surface area contributed by atoms with Gasteiger partial charge in [0.15, 0.2) is 5.16 Å².